The third-order valence-corrected chi connectivity index (χ3v) is 4.40. The van der Waals surface area contributed by atoms with E-state index < -0.39 is 0 Å². The van der Waals surface area contributed by atoms with Gasteiger partial charge >= 0.3 is 0 Å². The second kappa shape index (κ2) is 6.29. The Morgan fingerprint density at radius 2 is 1.65 bits per heavy atom. The molecule has 0 saturated carbocycles. The van der Waals surface area contributed by atoms with E-state index in [4.69, 9.17) is 19.4 Å². The Kier molecular flexibility index (Phi) is 3.95. The van der Waals surface area contributed by atoms with Gasteiger partial charge in [-0.15, -0.1) is 0 Å². The summed E-state index contributed by atoms with van der Waals surface area (Å²) in [7, 11) is 3.24. The molecule has 2 aromatic heterocycles. The van der Waals surface area contributed by atoms with Crippen molar-refractivity contribution in [3.63, 3.8) is 0 Å². The van der Waals surface area contributed by atoms with Gasteiger partial charge in [0.15, 0.2) is 11.5 Å². The molecule has 0 amide bonds. The number of imidazole rings is 1. The molecular formula is C20H20N4O2. The molecule has 0 N–H and O–H groups in total. The van der Waals surface area contributed by atoms with Crippen LogP contribution in [0, 0.1) is 0 Å². The highest BCUT2D eigenvalue weighted by Crippen LogP contribution is 2.33. The Bertz CT molecular complexity index is 1100. The minimum atomic E-state index is 0.225. The summed E-state index contributed by atoms with van der Waals surface area (Å²) < 4.78 is 12.8. The van der Waals surface area contributed by atoms with Crippen LogP contribution in [-0.4, -0.2) is 33.7 Å². The number of hydrogen-bond donors (Lipinski definition) is 0. The van der Waals surface area contributed by atoms with Crippen LogP contribution in [0.1, 0.15) is 25.6 Å². The Labute approximate surface area is 151 Å². The van der Waals surface area contributed by atoms with Gasteiger partial charge in [-0.2, -0.15) is 0 Å². The highest BCUT2D eigenvalue weighted by Gasteiger charge is 2.16. The van der Waals surface area contributed by atoms with Crippen molar-refractivity contribution in [2.45, 2.75) is 19.8 Å². The number of ether oxygens (including phenoxy) is 2. The molecule has 4 rings (SSSR count). The second-order valence-electron chi connectivity index (χ2n) is 6.39. The highest BCUT2D eigenvalue weighted by molar-refractivity contribution is 5.89. The fourth-order valence-corrected chi connectivity index (χ4v) is 3.02. The number of fused-ring (bicyclic) bond motifs is 2. The fourth-order valence-electron chi connectivity index (χ4n) is 3.02. The van der Waals surface area contributed by atoms with Gasteiger partial charge in [-0.25, -0.2) is 15.0 Å². The normalized spacial score (nSPS) is 11.4. The van der Waals surface area contributed by atoms with Crippen molar-refractivity contribution in [2.24, 2.45) is 0 Å². The Morgan fingerprint density at radius 3 is 2.38 bits per heavy atom. The maximum atomic E-state index is 5.46. The molecule has 4 aromatic rings. The number of nitrogens with zero attached hydrogens (tertiary/aromatic N) is 4. The summed E-state index contributed by atoms with van der Waals surface area (Å²) >= 11 is 0. The maximum Gasteiger partial charge on any atom is 0.163 e. The molecule has 6 heteroatoms. The lowest BCUT2D eigenvalue weighted by Gasteiger charge is -2.13. The van der Waals surface area contributed by atoms with Crippen LogP contribution in [0.25, 0.3) is 27.8 Å². The number of benzene rings is 2. The van der Waals surface area contributed by atoms with Crippen molar-refractivity contribution in [3.8, 4) is 17.3 Å². The predicted molar refractivity (Wildman–Crippen MR) is 101 cm³/mol. The molecular weight excluding hydrogens is 328 g/mol. The molecule has 0 radical (unpaired) electrons. The van der Waals surface area contributed by atoms with Gasteiger partial charge in [-0.05, 0) is 12.1 Å². The van der Waals surface area contributed by atoms with Crippen molar-refractivity contribution in [3.05, 3.63) is 48.5 Å². The Hall–Kier alpha value is -3.15. The van der Waals surface area contributed by atoms with Crippen molar-refractivity contribution in [1.82, 2.24) is 19.5 Å². The molecule has 26 heavy (non-hydrogen) atoms. The maximum absolute atomic E-state index is 5.46. The molecule has 0 unspecified atom stereocenters. The van der Waals surface area contributed by atoms with Gasteiger partial charge in [0, 0.05) is 23.4 Å². The van der Waals surface area contributed by atoms with E-state index in [1.807, 2.05) is 41.0 Å². The number of rotatable bonds is 4. The van der Waals surface area contributed by atoms with Gasteiger partial charge in [-0.3, -0.25) is 4.57 Å². The fraction of sp³-hybridized carbons (Fsp3) is 0.250. The predicted octanol–water partition coefficient (Wildman–Crippen LogP) is 4.11. The molecule has 132 valence electrons. The lowest BCUT2D eigenvalue weighted by atomic mass is 10.1. The van der Waals surface area contributed by atoms with E-state index in [9.17, 15) is 0 Å². The van der Waals surface area contributed by atoms with Crippen molar-refractivity contribution >= 4 is 21.9 Å². The summed E-state index contributed by atoms with van der Waals surface area (Å²) in [5, 5.41) is 0.978. The van der Waals surface area contributed by atoms with Gasteiger partial charge in [0.05, 0.1) is 30.8 Å². The Balaban J connectivity index is 2.03. The molecule has 0 aliphatic heterocycles. The quantitative estimate of drug-likeness (QED) is 0.555. The minimum absolute atomic E-state index is 0.225. The van der Waals surface area contributed by atoms with Crippen LogP contribution in [-0.2, 0) is 0 Å². The number of methoxy groups -OCH3 is 2. The summed E-state index contributed by atoms with van der Waals surface area (Å²) in [5.74, 6) is 3.16. The first kappa shape index (κ1) is 16.3. The van der Waals surface area contributed by atoms with Gasteiger partial charge in [0.2, 0.25) is 0 Å². The first-order valence-electron chi connectivity index (χ1n) is 8.48. The third-order valence-electron chi connectivity index (χ3n) is 4.40. The molecule has 2 heterocycles. The average molecular weight is 348 g/mol. The second-order valence-corrected chi connectivity index (χ2v) is 6.39. The van der Waals surface area contributed by atoms with Crippen LogP contribution in [0.3, 0.4) is 0 Å². The summed E-state index contributed by atoms with van der Waals surface area (Å²) in [4.78, 5) is 14.1. The van der Waals surface area contributed by atoms with Gasteiger partial charge < -0.3 is 9.47 Å². The van der Waals surface area contributed by atoms with E-state index >= 15 is 0 Å². The van der Waals surface area contributed by atoms with E-state index in [0.717, 1.165) is 33.6 Å². The highest BCUT2D eigenvalue weighted by atomic mass is 16.5. The Morgan fingerprint density at radius 1 is 0.923 bits per heavy atom. The summed E-state index contributed by atoms with van der Waals surface area (Å²) in [6.45, 7) is 4.18. The molecule has 0 bridgehead atoms. The van der Waals surface area contributed by atoms with Crippen LogP contribution in [0.2, 0.25) is 0 Å². The van der Waals surface area contributed by atoms with Crippen LogP contribution in [0.4, 0.5) is 0 Å². The minimum Gasteiger partial charge on any atom is -0.493 e. The number of hydrogen-bond acceptors (Lipinski definition) is 5. The molecule has 0 aliphatic rings. The first-order chi connectivity index (χ1) is 12.6. The monoisotopic (exact) mass is 348 g/mol. The van der Waals surface area contributed by atoms with Gasteiger partial charge in [-0.1, -0.05) is 26.0 Å². The van der Waals surface area contributed by atoms with Crippen LogP contribution < -0.4 is 9.47 Å². The van der Waals surface area contributed by atoms with E-state index in [0.29, 0.717) is 11.5 Å². The SMILES string of the molecule is COc1cc2ncn(-c3nc(C(C)C)nc4ccccc34)c2cc1OC. The molecule has 2 aromatic carbocycles. The molecule has 0 saturated heterocycles. The molecule has 0 fully saturated rings. The zero-order chi connectivity index (χ0) is 18.3. The molecule has 0 atom stereocenters. The average Bonchev–Trinajstić information content (AvgIpc) is 3.08. The summed E-state index contributed by atoms with van der Waals surface area (Å²) in [6, 6.07) is 11.8. The standard InChI is InChI=1S/C20H20N4O2/c1-12(2)19-22-14-8-6-5-7-13(14)20(23-19)24-11-21-15-9-17(25-3)18(26-4)10-16(15)24/h5-12H,1-4H3. The lowest BCUT2D eigenvalue weighted by Crippen LogP contribution is -2.05. The van der Waals surface area contributed by atoms with E-state index in [-0.39, 0.29) is 5.92 Å². The van der Waals surface area contributed by atoms with Crippen molar-refractivity contribution < 1.29 is 9.47 Å². The number of aromatic nitrogens is 4. The molecule has 6 nitrogen and oxygen atoms in total. The summed E-state index contributed by atoms with van der Waals surface area (Å²) in [5.41, 5.74) is 2.64. The van der Waals surface area contributed by atoms with E-state index in [1.165, 1.54) is 0 Å². The van der Waals surface area contributed by atoms with Crippen molar-refractivity contribution in [2.75, 3.05) is 14.2 Å². The van der Waals surface area contributed by atoms with Gasteiger partial charge in [0.1, 0.15) is 18.0 Å². The number of para-hydroxylation sites is 1. The van der Waals surface area contributed by atoms with Crippen molar-refractivity contribution in [1.29, 1.82) is 0 Å². The molecule has 0 spiro atoms. The smallest absolute Gasteiger partial charge is 0.163 e. The third kappa shape index (κ3) is 2.54. The topological polar surface area (TPSA) is 62.1 Å². The first-order valence-corrected chi connectivity index (χ1v) is 8.48. The van der Waals surface area contributed by atoms with Crippen LogP contribution in [0.5, 0.6) is 11.5 Å². The zero-order valence-corrected chi connectivity index (χ0v) is 15.2. The van der Waals surface area contributed by atoms with Gasteiger partial charge in [0.25, 0.3) is 0 Å². The largest absolute Gasteiger partial charge is 0.493 e. The van der Waals surface area contributed by atoms with Crippen LogP contribution in [0.15, 0.2) is 42.7 Å². The summed E-state index contributed by atoms with van der Waals surface area (Å²) in [6.07, 6.45) is 1.78. The lowest BCUT2D eigenvalue weighted by molar-refractivity contribution is 0.355. The zero-order valence-electron chi connectivity index (χ0n) is 15.2. The molecule has 0 aliphatic carbocycles. The van der Waals surface area contributed by atoms with E-state index in [1.54, 1.807) is 20.5 Å². The van der Waals surface area contributed by atoms with E-state index in [2.05, 4.69) is 18.8 Å². The van der Waals surface area contributed by atoms with Crippen LogP contribution >= 0.6 is 0 Å².